The fraction of sp³-hybridized carbons (Fsp3) is 0.333. The average Bonchev–Trinajstić information content (AvgIpc) is 2.94. The van der Waals surface area contributed by atoms with Crippen LogP contribution in [0, 0.1) is 19.7 Å². The van der Waals surface area contributed by atoms with Gasteiger partial charge in [0, 0.05) is 43.9 Å². The van der Waals surface area contributed by atoms with E-state index < -0.39 is 0 Å². The van der Waals surface area contributed by atoms with Gasteiger partial charge < -0.3 is 4.90 Å². The van der Waals surface area contributed by atoms with Crippen LogP contribution in [0.4, 0.5) is 4.39 Å². The number of carbonyl (C=O) groups excluding carboxylic acids is 1. The number of carbonyl (C=O) groups is 1. The highest BCUT2D eigenvalue weighted by Crippen LogP contribution is 2.23. The molecule has 1 aliphatic heterocycles. The molecular formula is C24H26ClFN4O. The molecule has 7 heteroatoms. The maximum absolute atomic E-state index is 14.0. The van der Waals surface area contributed by atoms with Crippen molar-refractivity contribution in [2.75, 3.05) is 26.2 Å². The quantitative estimate of drug-likeness (QED) is 0.594. The third kappa shape index (κ3) is 4.65. The van der Waals surface area contributed by atoms with Gasteiger partial charge in [-0.3, -0.25) is 9.69 Å². The molecule has 2 heterocycles. The summed E-state index contributed by atoms with van der Waals surface area (Å²) in [5, 5.41) is 5.12. The first-order valence-corrected chi connectivity index (χ1v) is 10.9. The molecule has 4 rings (SSSR count). The number of nitrogens with zero attached hydrogens (tertiary/aromatic N) is 4. The summed E-state index contributed by atoms with van der Waals surface area (Å²) >= 11 is 6.25. The summed E-state index contributed by atoms with van der Waals surface area (Å²) < 4.78 is 15.8. The van der Waals surface area contributed by atoms with Gasteiger partial charge in [0.2, 0.25) is 0 Å². The Labute approximate surface area is 187 Å². The number of halogens is 2. The fourth-order valence-corrected chi connectivity index (χ4v) is 4.12. The zero-order chi connectivity index (χ0) is 22.0. The molecule has 5 nitrogen and oxygen atoms in total. The summed E-state index contributed by atoms with van der Waals surface area (Å²) in [6.45, 7) is 7.25. The summed E-state index contributed by atoms with van der Waals surface area (Å²) in [4.78, 5) is 17.1. The third-order valence-electron chi connectivity index (χ3n) is 5.79. The molecule has 162 valence electrons. The number of hydrogen-bond donors (Lipinski definition) is 0. The van der Waals surface area contributed by atoms with Crippen LogP contribution in [-0.4, -0.2) is 51.7 Å². The molecular weight excluding hydrogens is 415 g/mol. The third-order valence-corrected chi connectivity index (χ3v) is 6.34. The van der Waals surface area contributed by atoms with Gasteiger partial charge in [-0.05, 0) is 50.6 Å². The van der Waals surface area contributed by atoms with Crippen LogP contribution in [0.1, 0.15) is 33.7 Å². The van der Waals surface area contributed by atoms with E-state index in [-0.39, 0.29) is 11.7 Å². The molecule has 0 spiro atoms. The number of rotatable bonds is 4. The Bertz CT molecular complexity index is 1080. The number of hydrogen-bond acceptors (Lipinski definition) is 3. The summed E-state index contributed by atoms with van der Waals surface area (Å²) in [6.07, 6.45) is 0.864. The maximum atomic E-state index is 14.0. The van der Waals surface area contributed by atoms with E-state index in [9.17, 15) is 9.18 Å². The van der Waals surface area contributed by atoms with Crippen LogP contribution in [0.3, 0.4) is 0 Å². The maximum Gasteiger partial charge on any atom is 0.253 e. The van der Waals surface area contributed by atoms with Crippen LogP contribution in [-0.2, 0) is 6.54 Å². The van der Waals surface area contributed by atoms with E-state index in [0.29, 0.717) is 35.8 Å². The Morgan fingerprint density at radius 3 is 2.45 bits per heavy atom. The highest BCUT2D eigenvalue weighted by atomic mass is 35.5. The van der Waals surface area contributed by atoms with Crippen molar-refractivity contribution in [3.05, 3.63) is 81.9 Å². The molecule has 0 saturated carbocycles. The van der Waals surface area contributed by atoms with Gasteiger partial charge in [0.05, 0.1) is 22.1 Å². The monoisotopic (exact) mass is 440 g/mol. The predicted molar refractivity (Wildman–Crippen MR) is 120 cm³/mol. The first kappa shape index (κ1) is 21.5. The van der Waals surface area contributed by atoms with Crippen LogP contribution in [0.5, 0.6) is 0 Å². The normalized spacial score (nSPS) is 15.2. The van der Waals surface area contributed by atoms with Crippen molar-refractivity contribution in [1.29, 1.82) is 0 Å². The number of aryl methyl sites for hydroxylation is 1. The summed E-state index contributed by atoms with van der Waals surface area (Å²) in [5.41, 5.74) is 3.88. The van der Waals surface area contributed by atoms with Crippen LogP contribution in [0.2, 0.25) is 5.02 Å². The smallest absolute Gasteiger partial charge is 0.253 e. The number of amides is 1. The van der Waals surface area contributed by atoms with Crippen molar-refractivity contribution < 1.29 is 9.18 Å². The second-order valence-corrected chi connectivity index (χ2v) is 8.33. The molecule has 0 radical (unpaired) electrons. The van der Waals surface area contributed by atoms with E-state index in [1.165, 1.54) is 6.07 Å². The fourth-order valence-electron chi connectivity index (χ4n) is 4.00. The van der Waals surface area contributed by atoms with Crippen molar-refractivity contribution in [2.45, 2.75) is 26.8 Å². The Kier molecular flexibility index (Phi) is 6.39. The molecule has 0 unspecified atom stereocenters. The Morgan fingerprint density at radius 1 is 1.03 bits per heavy atom. The van der Waals surface area contributed by atoms with E-state index in [4.69, 9.17) is 11.6 Å². The van der Waals surface area contributed by atoms with Gasteiger partial charge >= 0.3 is 0 Å². The Morgan fingerprint density at radius 2 is 1.77 bits per heavy atom. The number of benzene rings is 2. The molecule has 0 atom stereocenters. The van der Waals surface area contributed by atoms with Gasteiger partial charge in [-0.1, -0.05) is 29.8 Å². The van der Waals surface area contributed by atoms with Gasteiger partial charge in [-0.15, -0.1) is 0 Å². The molecule has 31 heavy (non-hydrogen) atoms. The molecule has 2 aromatic carbocycles. The molecule has 3 aromatic rings. The lowest BCUT2D eigenvalue weighted by Crippen LogP contribution is -2.35. The van der Waals surface area contributed by atoms with E-state index in [1.807, 2.05) is 55.1 Å². The lowest BCUT2D eigenvalue weighted by Gasteiger charge is -2.22. The molecule has 1 amide bonds. The summed E-state index contributed by atoms with van der Waals surface area (Å²) in [6, 6.07) is 14.3. The highest BCUT2D eigenvalue weighted by molar-refractivity contribution is 6.31. The Balaban J connectivity index is 1.41. The van der Waals surface area contributed by atoms with Crippen LogP contribution in [0.25, 0.3) is 5.69 Å². The average molecular weight is 441 g/mol. The minimum atomic E-state index is -0.177. The molecule has 0 N–H and O–H groups in total. The first-order valence-electron chi connectivity index (χ1n) is 10.5. The molecule has 1 fully saturated rings. The Hall–Kier alpha value is -2.70. The topological polar surface area (TPSA) is 41.4 Å². The van der Waals surface area contributed by atoms with E-state index in [0.717, 1.165) is 36.6 Å². The van der Waals surface area contributed by atoms with Gasteiger partial charge in [0.15, 0.2) is 0 Å². The van der Waals surface area contributed by atoms with Gasteiger partial charge in [0.25, 0.3) is 5.91 Å². The molecule has 1 aliphatic rings. The van der Waals surface area contributed by atoms with E-state index in [1.54, 1.807) is 10.7 Å². The minimum absolute atomic E-state index is 0.0192. The lowest BCUT2D eigenvalue weighted by atomic mass is 10.1. The summed E-state index contributed by atoms with van der Waals surface area (Å²) in [7, 11) is 0. The molecule has 1 aromatic heterocycles. The molecule has 0 bridgehead atoms. The van der Waals surface area contributed by atoms with Crippen molar-refractivity contribution in [1.82, 2.24) is 19.6 Å². The van der Waals surface area contributed by atoms with Crippen LogP contribution in [0.15, 0.2) is 48.5 Å². The van der Waals surface area contributed by atoms with Crippen molar-refractivity contribution in [3.8, 4) is 5.69 Å². The van der Waals surface area contributed by atoms with E-state index in [2.05, 4.69) is 10.00 Å². The van der Waals surface area contributed by atoms with Gasteiger partial charge in [-0.25, -0.2) is 9.07 Å². The lowest BCUT2D eigenvalue weighted by molar-refractivity contribution is 0.0761. The molecule has 0 aliphatic carbocycles. The largest absolute Gasteiger partial charge is 0.337 e. The van der Waals surface area contributed by atoms with Gasteiger partial charge in [0.1, 0.15) is 5.82 Å². The highest BCUT2D eigenvalue weighted by Gasteiger charge is 2.21. The van der Waals surface area contributed by atoms with Crippen LogP contribution < -0.4 is 0 Å². The zero-order valence-electron chi connectivity index (χ0n) is 17.8. The first-order chi connectivity index (χ1) is 14.9. The van der Waals surface area contributed by atoms with E-state index >= 15 is 0 Å². The van der Waals surface area contributed by atoms with Gasteiger partial charge in [-0.2, -0.15) is 5.10 Å². The van der Waals surface area contributed by atoms with Crippen LogP contribution >= 0.6 is 11.6 Å². The number of aromatic nitrogens is 2. The predicted octanol–water partition coefficient (Wildman–Crippen LogP) is 4.63. The minimum Gasteiger partial charge on any atom is -0.337 e. The zero-order valence-corrected chi connectivity index (χ0v) is 18.6. The second-order valence-electron chi connectivity index (χ2n) is 7.96. The summed E-state index contributed by atoms with van der Waals surface area (Å²) in [5.74, 6) is -0.158. The molecule has 1 saturated heterocycles. The standard InChI is InChI=1S/C24H26ClFN4O/c1-17-23(25)18(2)30(27-17)21-10-8-19(9-11-21)24(31)29-13-5-12-28(14-15-29)16-20-6-3-4-7-22(20)26/h3-4,6-11H,5,12-16H2,1-2H3. The van der Waals surface area contributed by atoms with Crippen molar-refractivity contribution in [3.63, 3.8) is 0 Å². The van der Waals surface area contributed by atoms with Crippen molar-refractivity contribution in [2.24, 2.45) is 0 Å². The van der Waals surface area contributed by atoms with Crippen molar-refractivity contribution >= 4 is 17.5 Å². The SMILES string of the molecule is Cc1nn(-c2ccc(C(=O)N3CCCN(Cc4ccccc4F)CC3)cc2)c(C)c1Cl. The second kappa shape index (κ2) is 9.20.